The van der Waals surface area contributed by atoms with Crippen LogP contribution in [0, 0.1) is 18.6 Å². The number of H-pyrrole nitrogens is 1. The number of nitrogens with one attached hydrogen (secondary N) is 3. The molecule has 3 aromatic rings. The van der Waals surface area contributed by atoms with Crippen molar-refractivity contribution in [3.63, 3.8) is 0 Å². The van der Waals surface area contributed by atoms with E-state index in [1.54, 1.807) is 13.0 Å². The molecule has 1 unspecified atom stereocenters. The van der Waals surface area contributed by atoms with E-state index in [0.717, 1.165) is 18.0 Å². The minimum atomic E-state index is -0.779. The quantitative estimate of drug-likeness (QED) is 0.423. The average molecular weight is 447 g/mol. The molecule has 0 radical (unpaired) electrons. The van der Waals surface area contributed by atoms with E-state index in [1.807, 2.05) is 11.8 Å². The second-order valence-corrected chi connectivity index (χ2v) is 7.34. The number of nitrogens with zero attached hydrogens (tertiary/aromatic N) is 6. The number of aryl methyl sites for hydroxylation is 1. The predicted octanol–water partition coefficient (Wildman–Crippen LogP) is 1.69. The molecular weight excluding hydrogens is 424 g/mol. The SMILES string of the molecule is Cc1cc(Nc2nc(NC(C)c3ncc(F)cc3F)nc(N3CCOC[C@H]3CO)n2)n[nH]1. The van der Waals surface area contributed by atoms with E-state index in [4.69, 9.17) is 4.74 Å². The molecule has 0 amide bonds. The number of hydrogen-bond acceptors (Lipinski definition) is 10. The van der Waals surface area contributed by atoms with Gasteiger partial charge < -0.3 is 25.4 Å². The molecule has 1 aliphatic heterocycles. The van der Waals surface area contributed by atoms with E-state index in [0.29, 0.717) is 31.5 Å². The Morgan fingerprint density at radius 2 is 2.09 bits per heavy atom. The van der Waals surface area contributed by atoms with Crippen LogP contribution in [-0.2, 0) is 4.74 Å². The number of anilines is 4. The largest absolute Gasteiger partial charge is 0.394 e. The van der Waals surface area contributed by atoms with E-state index in [1.165, 1.54) is 0 Å². The minimum Gasteiger partial charge on any atom is -0.394 e. The fraction of sp³-hybridized carbons (Fsp3) is 0.421. The standard InChI is InChI=1S/C19H23F2N9O2/c1-10-5-15(29-28-10)24-18-25-17(23-11(2)16-14(21)6-12(20)7-22-16)26-19(27-18)30-3-4-32-9-13(30)8-31/h5-7,11,13,31H,3-4,8-9H2,1-2H3,(H3,23,24,25,26,27,28,29)/t11?,13-/m1/s1. The van der Waals surface area contributed by atoms with Crippen LogP contribution in [0.4, 0.5) is 32.4 Å². The monoisotopic (exact) mass is 447 g/mol. The first kappa shape index (κ1) is 21.8. The second-order valence-electron chi connectivity index (χ2n) is 7.34. The molecule has 0 spiro atoms. The Morgan fingerprint density at radius 1 is 1.28 bits per heavy atom. The zero-order chi connectivity index (χ0) is 22.7. The summed E-state index contributed by atoms with van der Waals surface area (Å²) in [6.07, 6.45) is 0.946. The van der Waals surface area contributed by atoms with Crippen LogP contribution in [0.1, 0.15) is 24.4 Å². The van der Waals surface area contributed by atoms with E-state index in [2.05, 4.69) is 40.8 Å². The van der Waals surface area contributed by atoms with Gasteiger partial charge in [0.05, 0.1) is 43.8 Å². The number of aliphatic hydroxyl groups is 1. The van der Waals surface area contributed by atoms with Crippen molar-refractivity contribution in [1.82, 2.24) is 30.1 Å². The van der Waals surface area contributed by atoms with Gasteiger partial charge in [0.2, 0.25) is 17.8 Å². The van der Waals surface area contributed by atoms with Gasteiger partial charge in [0.25, 0.3) is 0 Å². The Hall–Kier alpha value is -3.45. The molecule has 32 heavy (non-hydrogen) atoms. The third kappa shape index (κ3) is 4.89. The van der Waals surface area contributed by atoms with Gasteiger partial charge in [-0.15, -0.1) is 0 Å². The average Bonchev–Trinajstić information content (AvgIpc) is 3.17. The maximum absolute atomic E-state index is 14.2. The van der Waals surface area contributed by atoms with Crippen LogP contribution in [-0.4, -0.2) is 67.6 Å². The van der Waals surface area contributed by atoms with Crippen molar-refractivity contribution < 1.29 is 18.6 Å². The number of hydrogen-bond donors (Lipinski definition) is 4. The highest BCUT2D eigenvalue weighted by atomic mass is 19.1. The highest BCUT2D eigenvalue weighted by Crippen LogP contribution is 2.23. The number of aromatic nitrogens is 6. The summed E-state index contributed by atoms with van der Waals surface area (Å²) >= 11 is 0. The molecule has 0 aromatic carbocycles. The molecule has 0 bridgehead atoms. The van der Waals surface area contributed by atoms with Gasteiger partial charge in [0.15, 0.2) is 5.82 Å². The van der Waals surface area contributed by atoms with Crippen molar-refractivity contribution >= 4 is 23.7 Å². The number of halogens is 2. The normalized spacial score (nSPS) is 17.3. The zero-order valence-electron chi connectivity index (χ0n) is 17.5. The highest BCUT2D eigenvalue weighted by molar-refractivity contribution is 5.53. The molecule has 170 valence electrons. The maximum Gasteiger partial charge on any atom is 0.235 e. The fourth-order valence-electron chi connectivity index (χ4n) is 3.29. The molecule has 4 N–H and O–H groups in total. The third-order valence-corrected chi connectivity index (χ3v) is 4.86. The minimum absolute atomic E-state index is 0.0189. The van der Waals surface area contributed by atoms with Crippen LogP contribution in [0.25, 0.3) is 0 Å². The summed E-state index contributed by atoms with van der Waals surface area (Å²) in [4.78, 5) is 18.9. The Labute approximate surface area is 182 Å². The Morgan fingerprint density at radius 3 is 2.81 bits per heavy atom. The lowest BCUT2D eigenvalue weighted by Gasteiger charge is -2.34. The Balaban J connectivity index is 1.65. The van der Waals surface area contributed by atoms with Crippen molar-refractivity contribution in [3.05, 3.63) is 41.4 Å². The van der Waals surface area contributed by atoms with Gasteiger partial charge in [-0.05, 0) is 13.8 Å². The van der Waals surface area contributed by atoms with Gasteiger partial charge in [-0.25, -0.2) is 8.78 Å². The van der Waals surface area contributed by atoms with E-state index < -0.39 is 17.7 Å². The summed E-state index contributed by atoms with van der Waals surface area (Å²) in [7, 11) is 0. The summed E-state index contributed by atoms with van der Waals surface area (Å²) in [5.41, 5.74) is 0.866. The lowest BCUT2D eigenvalue weighted by Crippen LogP contribution is -2.48. The third-order valence-electron chi connectivity index (χ3n) is 4.86. The highest BCUT2D eigenvalue weighted by Gasteiger charge is 2.26. The van der Waals surface area contributed by atoms with Crippen LogP contribution in [0.15, 0.2) is 18.3 Å². The summed E-state index contributed by atoms with van der Waals surface area (Å²) < 4.78 is 32.8. The molecule has 4 heterocycles. The van der Waals surface area contributed by atoms with Crippen molar-refractivity contribution in [3.8, 4) is 0 Å². The number of morpholine rings is 1. The van der Waals surface area contributed by atoms with Crippen LogP contribution in [0.2, 0.25) is 0 Å². The number of rotatable bonds is 7. The first-order chi connectivity index (χ1) is 15.4. The molecule has 0 saturated carbocycles. The van der Waals surface area contributed by atoms with Crippen molar-refractivity contribution in [2.24, 2.45) is 0 Å². The van der Waals surface area contributed by atoms with Crippen molar-refractivity contribution in [2.75, 3.05) is 41.9 Å². The summed E-state index contributed by atoms with van der Waals surface area (Å²) in [5.74, 6) is -0.384. The van der Waals surface area contributed by atoms with Crippen molar-refractivity contribution in [1.29, 1.82) is 0 Å². The van der Waals surface area contributed by atoms with Crippen LogP contribution < -0.4 is 15.5 Å². The lowest BCUT2D eigenvalue weighted by atomic mass is 10.2. The van der Waals surface area contributed by atoms with Crippen molar-refractivity contribution in [2.45, 2.75) is 25.9 Å². The molecule has 1 aliphatic rings. The zero-order valence-corrected chi connectivity index (χ0v) is 17.5. The molecule has 2 atom stereocenters. The second kappa shape index (κ2) is 9.36. The topological polar surface area (TPSA) is 137 Å². The maximum atomic E-state index is 14.2. The molecule has 0 aliphatic carbocycles. The molecule has 11 nitrogen and oxygen atoms in total. The molecular formula is C19H23F2N9O2. The molecule has 1 saturated heterocycles. The Kier molecular flexibility index (Phi) is 6.37. The summed E-state index contributed by atoms with van der Waals surface area (Å²) in [6, 6.07) is 1.56. The molecule has 4 rings (SSSR count). The van der Waals surface area contributed by atoms with Gasteiger partial charge in [0, 0.05) is 24.4 Å². The van der Waals surface area contributed by atoms with Crippen LogP contribution in [0.3, 0.4) is 0 Å². The summed E-state index contributed by atoms with van der Waals surface area (Å²) in [6.45, 7) is 4.62. The van der Waals surface area contributed by atoms with Crippen LogP contribution in [0.5, 0.6) is 0 Å². The van der Waals surface area contributed by atoms with Gasteiger partial charge >= 0.3 is 0 Å². The van der Waals surface area contributed by atoms with E-state index in [-0.39, 0.29) is 30.2 Å². The first-order valence-electron chi connectivity index (χ1n) is 10.0. The smallest absolute Gasteiger partial charge is 0.235 e. The molecule has 1 fully saturated rings. The first-order valence-corrected chi connectivity index (χ1v) is 10.0. The molecule has 3 aromatic heterocycles. The lowest BCUT2D eigenvalue weighted by molar-refractivity contribution is 0.0718. The fourth-order valence-corrected chi connectivity index (χ4v) is 3.29. The number of aliphatic hydroxyl groups excluding tert-OH is 1. The van der Waals surface area contributed by atoms with Gasteiger partial charge in [-0.1, -0.05) is 0 Å². The number of pyridine rings is 1. The van der Waals surface area contributed by atoms with E-state index >= 15 is 0 Å². The van der Waals surface area contributed by atoms with E-state index in [9.17, 15) is 13.9 Å². The van der Waals surface area contributed by atoms with Gasteiger partial charge in [-0.2, -0.15) is 20.1 Å². The van der Waals surface area contributed by atoms with Crippen LogP contribution >= 0.6 is 0 Å². The van der Waals surface area contributed by atoms with Gasteiger partial charge in [-0.3, -0.25) is 10.1 Å². The molecule has 13 heteroatoms. The van der Waals surface area contributed by atoms with Gasteiger partial charge in [0.1, 0.15) is 11.6 Å². The Bertz CT molecular complexity index is 1080. The number of ether oxygens (including phenoxy) is 1. The number of aromatic amines is 1. The predicted molar refractivity (Wildman–Crippen MR) is 112 cm³/mol. The summed E-state index contributed by atoms with van der Waals surface area (Å²) in [5, 5.41) is 22.7.